The van der Waals surface area contributed by atoms with E-state index >= 15 is 0 Å². The fourth-order valence-corrected chi connectivity index (χ4v) is 3.15. The number of piperidine rings is 1. The molecule has 2 saturated heterocycles. The molecule has 0 bridgehead atoms. The van der Waals surface area contributed by atoms with Crippen molar-refractivity contribution in [3.05, 3.63) is 23.8 Å². The molecule has 2 fully saturated rings. The van der Waals surface area contributed by atoms with E-state index in [4.69, 9.17) is 9.84 Å². The van der Waals surface area contributed by atoms with Gasteiger partial charge in [-0.2, -0.15) is 0 Å². The number of rotatable bonds is 4. The van der Waals surface area contributed by atoms with Gasteiger partial charge in [-0.25, -0.2) is 9.97 Å². The Morgan fingerprint density at radius 1 is 1.23 bits per heavy atom. The van der Waals surface area contributed by atoms with Crippen molar-refractivity contribution in [2.24, 2.45) is 5.92 Å². The molecule has 0 aliphatic carbocycles. The molecule has 1 unspecified atom stereocenters. The smallest absolute Gasteiger partial charge is 0.306 e. The second-order valence-electron chi connectivity index (χ2n) is 6.19. The third-order valence-electron chi connectivity index (χ3n) is 4.54. The zero-order valence-electron chi connectivity index (χ0n) is 12.8. The van der Waals surface area contributed by atoms with Crippen molar-refractivity contribution >= 4 is 5.97 Å². The molecule has 0 amide bonds. The Morgan fingerprint density at radius 3 is 2.55 bits per heavy atom. The summed E-state index contributed by atoms with van der Waals surface area (Å²) < 4.78 is 5.70. The van der Waals surface area contributed by atoms with Crippen LogP contribution in [0.1, 0.15) is 49.6 Å². The van der Waals surface area contributed by atoms with Crippen molar-refractivity contribution in [1.29, 1.82) is 0 Å². The van der Waals surface area contributed by atoms with Gasteiger partial charge in [0.05, 0.1) is 5.92 Å². The highest BCUT2D eigenvalue weighted by Gasteiger charge is 2.24. The largest absolute Gasteiger partial charge is 0.481 e. The van der Waals surface area contributed by atoms with E-state index in [1.165, 1.54) is 6.42 Å². The van der Waals surface area contributed by atoms with Crippen molar-refractivity contribution in [3.8, 4) is 0 Å². The lowest BCUT2D eigenvalue weighted by atomic mass is 9.97. The normalized spacial score (nSPS) is 24.3. The van der Waals surface area contributed by atoms with E-state index in [0.29, 0.717) is 0 Å². The van der Waals surface area contributed by atoms with Gasteiger partial charge >= 0.3 is 5.97 Å². The Balaban J connectivity index is 1.52. The first-order chi connectivity index (χ1) is 10.7. The zero-order chi connectivity index (χ0) is 15.4. The van der Waals surface area contributed by atoms with Crippen LogP contribution < -0.4 is 0 Å². The summed E-state index contributed by atoms with van der Waals surface area (Å²) in [4.78, 5) is 22.1. The maximum atomic E-state index is 11.0. The molecule has 1 N–H and O–H groups in total. The third kappa shape index (κ3) is 3.81. The molecule has 6 nitrogen and oxygen atoms in total. The third-order valence-corrected chi connectivity index (χ3v) is 4.54. The number of aliphatic carboxylic acids is 1. The van der Waals surface area contributed by atoms with Gasteiger partial charge in [-0.1, -0.05) is 0 Å². The van der Waals surface area contributed by atoms with Crippen LogP contribution in [0.2, 0.25) is 0 Å². The van der Waals surface area contributed by atoms with Gasteiger partial charge in [0.2, 0.25) is 0 Å². The summed E-state index contributed by atoms with van der Waals surface area (Å²) in [6.45, 7) is 3.24. The Bertz CT molecular complexity index is 492. The van der Waals surface area contributed by atoms with Crippen LogP contribution in [-0.2, 0) is 16.1 Å². The molecular weight excluding hydrogens is 282 g/mol. The monoisotopic (exact) mass is 305 g/mol. The highest BCUT2D eigenvalue weighted by Crippen LogP contribution is 2.25. The van der Waals surface area contributed by atoms with Crippen molar-refractivity contribution in [3.63, 3.8) is 0 Å². The van der Waals surface area contributed by atoms with Crippen LogP contribution in [0.4, 0.5) is 0 Å². The van der Waals surface area contributed by atoms with E-state index in [-0.39, 0.29) is 12.0 Å². The Kier molecular flexibility index (Phi) is 5.00. The minimum atomic E-state index is -0.667. The van der Waals surface area contributed by atoms with Crippen molar-refractivity contribution in [2.45, 2.75) is 44.8 Å². The number of hydrogen-bond donors (Lipinski definition) is 1. The van der Waals surface area contributed by atoms with E-state index in [1.54, 1.807) is 0 Å². The van der Waals surface area contributed by atoms with Gasteiger partial charge in [0.1, 0.15) is 6.10 Å². The van der Waals surface area contributed by atoms with Crippen LogP contribution in [0.3, 0.4) is 0 Å². The van der Waals surface area contributed by atoms with Gasteiger partial charge in [0, 0.05) is 31.1 Å². The first-order valence-corrected chi connectivity index (χ1v) is 8.10. The average molecular weight is 305 g/mol. The first kappa shape index (κ1) is 15.4. The topological polar surface area (TPSA) is 75.5 Å². The lowest BCUT2D eigenvalue weighted by Crippen LogP contribution is -2.35. The van der Waals surface area contributed by atoms with E-state index < -0.39 is 5.97 Å². The van der Waals surface area contributed by atoms with Crippen LogP contribution >= 0.6 is 0 Å². The van der Waals surface area contributed by atoms with Crippen molar-refractivity contribution in [2.75, 3.05) is 19.7 Å². The van der Waals surface area contributed by atoms with Crippen molar-refractivity contribution in [1.82, 2.24) is 14.9 Å². The van der Waals surface area contributed by atoms with Crippen LogP contribution in [0.25, 0.3) is 0 Å². The molecule has 6 heteroatoms. The molecule has 120 valence electrons. The number of hydrogen-bond acceptors (Lipinski definition) is 5. The lowest BCUT2D eigenvalue weighted by molar-refractivity contribution is -0.143. The summed E-state index contributed by atoms with van der Waals surface area (Å²) in [6.07, 6.45) is 8.56. The standard InChI is InChI=1S/C16H23N3O3/c20-16(21)13-4-6-19(7-5-13)11-12-9-17-15(18-10-12)14-3-1-2-8-22-14/h9-10,13-14H,1-8,11H2,(H,20,21). The molecule has 3 rings (SSSR count). The molecule has 0 radical (unpaired) electrons. The molecule has 1 atom stereocenters. The highest BCUT2D eigenvalue weighted by atomic mass is 16.5. The van der Waals surface area contributed by atoms with Crippen LogP contribution in [-0.4, -0.2) is 45.6 Å². The van der Waals surface area contributed by atoms with E-state index in [9.17, 15) is 4.79 Å². The maximum Gasteiger partial charge on any atom is 0.306 e. The second-order valence-corrected chi connectivity index (χ2v) is 6.19. The SMILES string of the molecule is O=C(O)C1CCN(Cc2cnc(C3CCCCO3)nc2)CC1. The summed E-state index contributed by atoms with van der Waals surface area (Å²) in [5, 5.41) is 9.02. The molecular formula is C16H23N3O3. The number of likely N-dealkylation sites (tertiary alicyclic amines) is 1. The van der Waals surface area contributed by atoms with Crippen molar-refractivity contribution < 1.29 is 14.6 Å². The molecule has 22 heavy (non-hydrogen) atoms. The van der Waals surface area contributed by atoms with Gasteiger partial charge in [-0.3, -0.25) is 9.69 Å². The quantitative estimate of drug-likeness (QED) is 0.917. The fraction of sp³-hybridized carbons (Fsp3) is 0.688. The predicted octanol–water partition coefficient (Wildman–Crippen LogP) is 2.01. The minimum Gasteiger partial charge on any atom is -0.481 e. The Morgan fingerprint density at radius 2 is 1.95 bits per heavy atom. The number of nitrogens with zero attached hydrogens (tertiary/aromatic N) is 3. The van der Waals surface area contributed by atoms with E-state index in [0.717, 1.165) is 63.3 Å². The first-order valence-electron chi connectivity index (χ1n) is 8.10. The summed E-state index contributed by atoms with van der Waals surface area (Å²) in [6, 6.07) is 0. The molecule has 2 aliphatic rings. The molecule has 0 saturated carbocycles. The molecule has 0 spiro atoms. The zero-order valence-corrected chi connectivity index (χ0v) is 12.8. The van der Waals surface area contributed by atoms with Gasteiger partial charge < -0.3 is 9.84 Å². The highest BCUT2D eigenvalue weighted by molar-refractivity contribution is 5.70. The maximum absolute atomic E-state index is 11.0. The fourth-order valence-electron chi connectivity index (χ4n) is 3.15. The van der Waals surface area contributed by atoms with Crippen LogP contribution in [0.5, 0.6) is 0 Å². The van der Waals surface area contributed by atoms with E-state index in [1.807, 2.05) is 12.4 Å². The van der Waals surface area contributed by atoms with E-state index in [2.05, 4.69) is 14.9 Å². The molecule has 3 heterocycles. The summed E-state index contributed by atoms with van der Waals surface area (Å²) in [5.74, 6) is -0.0637. The lowest BCUT2D eigenvalue weighted by Gasteiger charge is -2.29. The number of ether oxygens (including phenoxy) is 1. The predicted molar refractivity (Wildman–Crippen MR) is 80.2 cm³/mol. The van der Waals surface area contributed by atoms with Crippen LogP contribution in [0.15, 0.2) is 12.4 Å². The summed E-state index contributed by atoms with van der Waals surface area (Å²) in [7, 11) is 0. The molecule has 0 aromatic carbocycles. The number of carboxylic acid groups (broad SMARTS) is 1. The Labute approximate surface area is 130 Å². The second kappa shape index (κ2) is 7.15. The van der Waals surface area contributed by atoms with Gasteiger partial charge in [-0.15, -0.1) is 0 Å². The number of carboxylic acids is 1. The minimum absolute atomic E-state index is 0.0501. The molecule has 2 aliphatic heterocycles. The van der Waals surface area contributed by atoms with Gasteiger partial charge in [-0.05, 0) is 45.2 Å². The Hall–Kier alpha value is -1.53. The summed E-state index contributed by atoms with van der Waals surface area (Å²) >= 11 is 0. The number of aromatic nitrogens is 2. The van der Waals surface area contributed by atoms with Gasteiger partial charge in [0.15, 0.2) is 5.82 Å². The number of carbonyl (C=O) groups is 1. The molecule has 1 aromatic rings. The average Bonchev–Trinajstić information content (AvgIpc) is 2.57. The van der Waals surface area contributed by atoms with Crippen LogP contribution in [0, 0.1) is 5.92 Å². The molecule has 1 aromatic heterocycles. The summed E-state index contributed by atoms with van der Waals surface area (Å²) in [5.41, 5.74) is 1.08. The van der Waals surface area contributed by atoms with Gasteiger partial charge in [0.25, 0.3) is 0 Å².